The van der Waals surface area contributed by atoms with E-state index in [9.17, 15) is 18.0 Å². The SMILES string of the molecule is O=c1[nH]ncc(N2Cc3cccc(OCC4CCCO4)c3C2)c1C(F)(F)F. The van der Waals surface area contributed by atoms with Crippen LogP contribution < -0.4 is 15.2 Å². The molecule has 9 heteroatoms. The largest absolute Gasteiger partial charge is 0.491 e. The number of aromatic nitrogens is 2. The highest BCUT2D eigenvalue weighted by atomic mass is 19.4. The summed E-state index contributed by atoms with van der Waals surface area (Å²) in [5.41, 5.74) is -1.01. The van der Waals surface area contributed by atoms with Crippen molar-refractivity contribution < 1.29 is 22.6 Å². The van der Waals surface area contributed by atoms with Gasteiger partial charge in [0.15, 0.2) is 0 Å². The predicted octanol–water partition coefficient (Wildman–Crippen LogP) is 2.87. The molecule has 1 fully saturated rings. The van der Waals surface area contributed by atoms with Gasteiger partial charge in [-0.2, -0.15) is 18.3 Å². The average Bonchev–Trinajstić information content (AvgIpc) is 3.28. The van der Waals surface area contributed by atoms with Crippen LogP contribution in [0, 0.1) is 0 Å². The van der Waals surface area contributed by atoms with E-state index < -0.39 is 17.3 Å². The van der Waals surface area contributed by atoms with Gasteiger partial charge in [-0.15, -0.1) is 0 Å². The van der Waals surface area contributed by atoms with Gasteiger partial charge < -0.3 is 14.4 Å². The molecule has 4 rings (SSSR count). The third-order valence-electron chi connectivity index (χ3n) is 4.85. The molecule has 1 aromatic heterocycles. The first-order valence-corrected chi connectivity index (χ1v) is 8.68. The minimum Gasteiger partial charge on any atom is -0.491 e. The number of hydrogen-bond acceptors (Lipinski definition) is 5. The fourth-order valence-electron chi connectivity index (χ4n) is 3.56. The highest BCUT2D eigenvalue weighted by molar-refractivity contribution is 5.58. The van der Waals surface area contributed by atoms with E-state index >= 15 is 0 Å². The zero-order valence-electron chi connectivity index (χ0n) is 14.4. The molecule has 2 aromatic rings. The van der Waals surface area contributed by atoms with Crippen molar-refractivity contribution in [3.8, 4) is 5.75 Å². The number of fused-ring (bicyclic) bond motifs is 1. The molecule has 6 nitrogen and oxygen atoms in total. The smallest absolute Gasteiger partial charge is 0.423 e. The minimum atomic E-state index is -4.76. The Bertz CT molecular complexity index is 891. The van der Waals surface area contributed by atoms with E-state index in [-0.39, 0.29) is 24.9 Å². The third kappa shape index (κ3) is 3.51. The maximum absolute atomic E-state index is 13.4. The van der Waals surface area contributed by atoms with Gasteiger partial charge in [0.2, 0.25) is 0 Å². The third-order valence-corrected chi connectivity index (χ3v) is 4.85. The summed E-state index contributed by atoms with van der Waals surface area (Å²) in [6, 6.07) is 5.47. The Morgan fingerprint density at radius 2 is 2.19 bits per heavy atom. The number of aromatic amines is 1. The minimum absolute atomic E-state index is 0.0482. The Hall–Kier alpha value is -2.55. The lowest BCUT2D eigenvalue weighted by Crippen LogP contribution is -2.28. The molecule has 1 unspecified atom stereocenters. The van der Waals surface area contributed by atoms with Crippen molar-refractivity contribution in [2.24, 2.45) is 0 Å². The topological polar surface area (TPSA) is 67.5 Å². The zero-order chi connectivity index (χ0) is 19.0. The Kier molecular flexibility index (Phi) is 4.55. The molecule has 0 bridgehead atoms. The summed E-state index contributed by atoms with van der Waals surface area (Å²) < 4.78 is 51.5. The van der Waals surface area contributed by atoms with Gasteiger partial charge in [0, 0.05) is 25.3 Å². The molecule has 1 atom stereocenters. The lowest BCUT2D eigenvalue weighted by molar-refractivity contribution is -0.138. The number of benzene rings is 1. The summed E-state index contributed by atoms with van der Waals surface area (Å²) in [6.07, 6.45) is -1.73. The van der Waals surface area contributed by atoms with Gasteiger partial charge in [-0.25, -0.2) is 5.10 Å². The average molecular weight is 381 g/mol. The van der Waals surface area contributed by atoms with Crippen molar-refractivity contribution in [2.75, 3.05) is 18.1 Å². The first-order valence-electron chi connectivity index (χ1n) is 8.68. The lowest BCUT2D eigenvalue weighted by Gasteiger charge is -2.21. The highest BCUT2D eigenvalue weighted by Crippen LogP contribution is 2.39. The number of nitrogens with zero attached hydrogens (tertiary/aromatic N) is 2. The first kappa shape index (κ1) is 17.8. The lowest BCUT2D eigenvalue weighted by atomic mass is 10.1. The Morgan fingerprint density at radius 3 is 2.93 bits per heavy atom. The summed E-state index contributed by atoms with van der Waals surface area (Å²) in [7, 11) is 0. The molecule has 1 saturated heterocycles. The normalized spacial score (nSPS) is 19.4. The fraction of sp³-hybridized carbons (Fsp3) is 0.444. The molecule has 0 spiro atoms. The van der Waals surface area contributed by atoms with Crippen LogP contribution in [0.25, 0.3) is 0 Å². The van der Waals surface area contributed by atoms with Crippen molar-refractivity contribution in [3.05, 3.63) is 51.4 Å². The van der Waals surface area contributed by atoms with E-state index in [1.54, 1.807) is 6.07 Å². The van der Waals surface area contributed by atoms with E-state index in [0.717, 1.165) is 36.8 Å². The quantitative estimate of drug-likeness (QED) is 0.882. The second kappa shape index (κ2) is 6.88. The number of ether oxygens (including phenoxy) is 2. The number of alkyl halides is 3. The van der Waals surface area contributed by atoms with Gasteiger partial charge in [0.1, 0.15) is 17.9 Å². The van der Waals surface area contributed by atoms with Gasteiger partial charge in [-0.1, -0.05) is 12.1 Å². The van der Waals surface area contributed by atoms with E-state index in [1.165, 1.54) is 4.90 Å². The number of hydrogen-bond donors (Lipinski definition) is 1. The summed E-state index contributed by atoms with van der Waals surface area (Å²) in [6.45, 7) is 1.60. The summed E-state index contributed by atoms with van der Waals surface area (Å²) >= 11 is 0. The van der Waals surface area contributed by atoms with Gasteiger partial charge in [0.25, 0.3) is 5.56 Å². The van der Waals surface area contributed by atoms with Crippen molar-refractivity contribution in [2.45, 2.75) is 38.2 Å². The van der Waals surface area contributed by atoms with E-state index in [4.69, 9.17) is 9.47 Å². The van der Waals surface area contributed by atoms with Crippen LogP contribution in [0.1, 0.15) is 29.5 Å². The first-order chi connectivity index (χ1) is 12.9. The zero-order valence-corrected chi connectivity index (χ0v) is 14.4. The summed E-state index contributed by atoms with van der Waals surface area (Å²) in [4.78, 5) is 13.2. The monoisotopic (exact) mass is 381 g/mol. The molecule has 0 aliphatic carbocycles. The molecular weight excluding hydrogens is 363 g/mol. The summed E-state index contributed by atoms with van der Waals surface area (Å²) in [5, 5.41) is 5.41. The predicted molar refractivity (Wildman–Crippen MR) is 90.7 cm³/mol. The van der Waals surface area contributed by atoms with Gasteiger partial charge in [-0.05, 0) is 24.5 Å². The van der Waals surface area contributed by atoms with Crippen LogP contribution in [0.4, 0.5) is 18.9 Å². The fourth-order valence-corrected chi connectivity index (χ4v) is 3.56. The van der Waals surface area contributed by atoms with E-state index in [2.05, 4.69) is 5.10 Å². The maximum atomic E-state index is 13.4. The van der Waals surface area contributed by atoms with Crippen molar-refractivity contribution in [3.63, 3.8) is 0 Å². The van der Waals surface area contributed by atoms with Crippen molar-refractivity contribution in [1.29, 1.82) is 0 Å². The van der Waals surface area contributed by atoms with Crippen LogP contribution in [-0.4, -0.2) is 29.5 Å². The molecular formula is C18H18F3N3O3. The number of anilines is 1. The Balaban J connectivity index is 1.59. The molecule has 2 aliphatic heterocycles. The standard InChI is InChI=1S/C18H18F3N3O3/c19-18(20,21)16-14(7-22-23-17(16)25)24-8-11-3-1-5-15(13(11)9-24)27-10-12-4-2-6-26-12/h1,3,5,7,12H,2,4,6,8-10H2,(H,23,25). The molecule has 2 aliphatic rings. The van der Waals surface area contributed by atoms with Gasteiger partial charge >= 0.3 is 6.18 Å². The van der Waals surface area contributed by atoms with Crippen LogP contribution in [0.2, 0.25) is 0 Å². The van der Waals surface area contributed by atoms with Gasteiger partial charge in [-0.3, -0.25) is 4.79 Å². The number of halogens is 3. The van der Waals surface area contributed by atoms with Crippen LogP contribution >= 0.6 is 0 Å². The van der Waals surface area contributed by atoms with E-state index in [1.807, 2.05) is 17.2 Å². The molecule has 0 saturated carbocycles. The van der Waals surface area contributed by atoms with E-state index in [0.29, 0.717) is 12.4 Å². The molecule has 0 radical (unpaired) electrons. The van der Waals surface area contributed by atoms with Crippen LogP contribution in [-0.2, 0) is 24.0 Å². The van der Waals surface area contributed by atoms with Crippen LogP contribution in [0.5, 0.6) is 5.75 Å². The van der Waals surface area contributed by atoms with Crippen molar-refractivity contribution in [1.82, 2.24) is 10.2 Å². The molecule has 1 N–H and O–H groups in total. The highest BCUT2D eigenvalue weighted by Gasteiger charge is 2.39. The van der Waals surface area contributed by atoms with Crippen LogP contribution in [0.15, 0.2) is 29.2 Å². The number of H-pyrrole nitrogens is 1. The van der Waals surface area contributed by atoms with Crippen LogP contribution in [0.3, 0.4) is 0 Å². The second-order valence-corrected chi connectivity index (χ2v) is 6.65. The Labute approximate surface area is 152 Å². The molecule has 1 aromatic carbocycles. The number of nitrogens with one attached hydrogen (secondary N) is 1. The molecule has 144 valence electrons. The second-order valence-electron chi connectivity index (χ2n) is 6.65. The summed E-state index contributed by atoms with van der Waals surface area (Å²) in [5.74, 6) is 0.636. The molecule has 0 amide bonds. The maximum Gasteiger partial charge on any atom is 0.423 e. The Morgan fingerprint density at radius 1 is 1.33 bits per heavy atom. The molecule has 27 heavy (non-hydrogen) atoms. The molecule has 3 heterocycles. The van der Waals surface area contributed by atoms with Gasteiger partial charge in [0.05, 0.1) is 18.0 Å². The number of rotatable bonds is 4. The van der Waals surface area contributed by atoms with Crippen molar-refractivity contribution >= 4 is 5.69 Å².